The number of nitrogens with zero attached hydrogens (tertiary/aromatic N) is 4. The molecule has 0 radical (unpaired) electrons. The zero-order valence-corrected chi connectivity index (χ0v) is 30.5. The smallest absolute Gasteiger partial charge is 0.335 e. The number of ether oxygens (including phenoxy) is 2. The number of anilines is 1. The molecule has 3 aromatic rings. The second kappa shape index (κ2) is 13.9. The van der Waals surface area contributed by atoms with Crippen LogP contribution >= 0.6 is 11.8 Å². The monoisotopic (exact) mass is 673 g/mol. The van der Waals surface area contributed by atoms with E-state index in [4.69, 9.17) is 22.4 Å². The maximum absolute atomic E-state index is 13.0. The number of carbonyl (C=O) groups excluding carboxylic acids is 1. The molecule has 4 heterocycles. The van der Waals surface area contributed by atoms with Gasteiger partial charge in [0.15, 0.2) is 23.2 Å². The summed E-state index contributed by atoms with van der Waals surface area (Å²) in [5, 5.41) is 2.89. The maximum atomic E-state index is 13.0. The second-order valence-electron chi connectivity index (χ2n) is 13.0. The van der Waals surface area contributed by atoms with Crippen molar-refractivity contribution in [2.75, 3.05) is 24.1 Å². The molecule has 1 N–H and O–H groups in total. The zero-order chi connectivity index (χ0) is 32.5. The summed E-state index contributed by atoms with van der Waals surface area (Å²) in [7, 11) is -5.64. The minimum Gasteiger partial charge on any atom is -0.414 e. The number of nitrogens with one attached hydrogen (secondary N) is 1. The van der Waals surface area contributed by atoms with Crippen molar-refractivity contribution in [2.24, 2.45) is 0 Å². The van der Waals surface area contributed by atoms with Crippen molar-refractivity contribution in [3.63, 3.8) is 0 Å². The first-order valence-electron chi connectivity index (χ1n) is 15.8. The van der Waals surface area contributed by atoms with Gasteiger partial charge in [-0.3, -0.25) is 9.36 Å². The summed E-state index contributed by atoms with van der Waals surface area (Å²) in [6.45, 7) is 18.0. The molecule has 246 valence electrons. The van der Waals surface area contributed by atoms with Gasteiger partial charge in [-0.05, 0) is 40.6 Å². The number of hydrogen-bond donors (Lipinski definition) is 1. The Hall–Kier alpha value is -2.18. The molecule has 2 aliphatic heterocycles. The van der Waals surface area contributed by atoms with Crippen molar-refractivity contribution in [3.05, 3.63) is 48.5 Å². The highest BCUT2D eigenvalue weighted by Gasteiger charge is 2.62. The highest BCUT2D eigenvalue weighted by atomic mass is 32.2. The van der Waals surface area contributed by atoms with Gasteiger partial charge in [0.05, 0.1) is 18.9 Å². The van der Waals surface area contributed by atoms with Gasteiger partial charge in [0, 0.05) is 5.56 Å². The van der Waals surface area contributed by atoms with Crippen LogP contribution in [0.3, 0.4) is 0 Å². The van der Waals surface area contributed by atoms with Crippen molar-refractivity contribution < 1.29 is 27.2 Å². The molecular weight excluding hydrogens is 627 g/mol. The predicted molar refractivity (Wildman–Crippen MR) is 181 cm³/mol. The van der Waals surface area contributed by atoms with Crippen LogP contribution < -0.4 is 5.32 Å². The van der Waals surface area contributed by atoms with Crippen molar-refractivity contribution in [3.8, 4) is 0 Å². The van der Waals surface area contributed by atoms with E-state index in [2.05, 4.69) is 75.7 Å². The van der Waals surface area contributed by atoms with Crippen molar-refractivity contribution in [2.45, 2.75) is 102 Å². The largest absolute Gasteiger partial charge is 0.414 e. The zero-order valence-electron chi connectivity index (χ0n) is 27.7. The minimum atomic E-state index is -2.90. The second-order valence-corrected chi connectivity index (χ2v) is 22.7. The Balaban J connectivity index is 1.55. The number of rotatable bonds is 10. The van der Waals surface area contributed by atoms with E-state index in [9.17, 15) is 4.79 Å². The standard InChI is InChI=1S/C31H47N5O6SSi2/c1-19(2)44(20(3)4)39-15-24-26(41-45(42-44,21(5)6)22(7)8)27(38-18-43-9)31(40-24)36-17-34-25-28(32-16-33-29(25)36)35-30(37)23-13-11-10-12-14-23/h10-14,16-17,19-22,24,26-27,31H,15,18H2,1-9H3,(H,32,33,35,37)/t24?,26-,27-,31?/m1/s1. The number of thioether (sulfide) groups is 1. The summed E-state index contributed by atoms with van der Waals surface area (Å²) in [6, 6.07) is 9.00. The Morgan fingerprint density at radius 1 is 1.00 bits per heavy atom. The van der Waals surface area contributed by atoms with E-state index in [-0.39, 0.29) is 28.1 Å². The molecule has 2 aromatic heterocycles. The van der Waals surface area contributed by atoms with E-state index in [0.717, 1.165) is 0 Å². The summed E-state index contributed by atoms with van der Waals surface area (Å²) in [6.07, 6.45) is 3.18. The first-order valence-corrected chi connectivity index (χ1v) is 21.1. The van der Waals surface area contributed by atoms with Gasteiger partial charge in [-0.15, -0.1) is 11.8 Å². The average Bonchev–Trinajstić information content (AvgIpc) is 3.57. The fourth-order valence-corrected chi connectivity index (χ4v) is 18.1. The molecule has 0 bridgehead atoms. The Kier molecular flexibility index (Phi) is 10.6. The lowest BCUT2D eigenvalue weighted by molar-refractivity contribution is -0.0616. The fourth-order valence-electron chi connectivity index (χ4n) is 6.57. The molecule has 2 aliphatic rings. The average molecular weight is 674 g/mol. The third-order valence-corrected chi connectivity index (χ3v) is 19.5. The van der Waals surface area contributed by atoms with E-state index in [0.29, 0.717) is 35.1 Å². The number of fused-ring (bicyclic) bond motifs is 2. The molecule has 2 saturated heterocycles. The van der Waals surface area contributed by atoms with Gasteiger partial charge in [0.2, 0.25) is 0 Å². The lowest BCUT2D eigenvalue weighted by Crippen LogP contribution is -2.66. The van der Waals surface area contributed by atoms with Crippen molar-refractivity contribution >= 4 is 51.8 Å². The summed E-state index contributed by atoms with van der Waals surface area (Å²) < 4.78 is 36.9. The van der Waals surface area contributed by atoms with Gasteiger partial charge in [0.1, 0.15) is 24.6 Å². The molecular formula is C31H47N5O6SSi2. The van der Waals surface area contributed by atoms with Gasteiger partial charge in [-0.1, -0.05) is 73.6 Å². The van der Waals surface area contributed by atoms with Gasteiger partial charge in [-0.2, -0.15) is 0 Å². The lowest BCUT2D eigenvalue weighted by atomic mass is 10.1. The topological polar surface area (TPSA) is 119 Å². The maximum Gasteiger partial charge on any atom is 0.335 e. The summed E-state index contributed by atoms with van der Waals surface area (Å²) >= 11 is 1.59. The Morgan fingerprint density at radius 2 is 1.67 bits per heavy atom. The highest BCUT2D eigenvalue weighted by molar-refractivity contribution is 7.98. The number of aromatic nitrogens is 4. The highest BCUT2D eigenvalue weighted by Crippen LogP contribution is 2.49. The summed E-state index contributed by atoms with van der Waals surface area (Å²) in [4.78, 5) is 26.5. The van der Waals surface area contributed by atoms with Gasteiger partial charge >= 0.3 is 17.1 Å². The van der Waals surface area contributed by atoms with Crippen LogP contribution in [-0.4, -0.2) is 79.7 Å². The molecule has 45 heavy (non-hydrogen) atoms. The molecule has 1 amide bonds. The van der Waals surface area contributed by atoms with Crippen molar-refractivity contribution in [1.29, 1.82) is 0 Å². The molecule has 2 fully saturated rings. The van der Waals surface area contributed by atoms with E-state index >= 15 is 0 Å². The van der Waals surface area contributed by atoms with E-state index in [1.165, 1.54) is 6.33 Å². The molecule has 5 rings (SSSR count). The van der Waals surface area contributed by atoms with E-state index in [1.807, 2.05) is 29.0 Å². The summed E-state index contributed by atoms with van der Waals surface area (Å²) in [5.41, 5.74) is 2.28. The Labute approximate surface area is 272 Å². The minimum absolute atomic E-state index is 0.169. The van der Waals surface area contributed by atoms with Gasteiger partial charge in [-0.25, -0.2) is 15.0 Å². The van der Waals surface area contributed by atoms with Crippen LogP contribution in [0.15, 0.2) is 43.0 Å². The van der Waals surface area contributed by atoms with Crippen LogP contribution in [0.4, 0.5) is 5.82 Å². The van der Waals surface area contributed by atoms with E-state index < -0.39 is 41.7 Å². The Morgan fingerprint density at radius 3 is 2.29 bits per heavy atom. The third kappa shape index (κ3) is 6.40. The summed E-state index contributed by atoms with van der Waals surface area (Å²) in [5.74, 6) is 0.494. The number of carbonyl (C=O) groups is 1. The van der Waals surface area contributed by atoms with E-state index in [1.54, 1.807) is 30.2 Å². The number of amides is 1. The lowest BCUT2D eigenvalue weighted by Gasteiger charge is -2.51. The fraction of sp³-hybridized carbons (Fsp3) is 0.613. The molecule has 0 saturated carbocycles. The van der Waals surface area contributed by atoms with Crippen LogP contribution in [0, 0.1) is 0 Å². The molecule has 0 aliphatic carbocycles. The quantitative estimate of drug-likeness (QED) is 0.185. The number of benzene rings is 1. The van der Waals surface area contributed by atoms with Crippen LogP contribution in [0.1, 0.15) is 72.0 Å². The molecule has 0 spiro atoms. The SMILES string of the molecule is CSCO[C@H]1C(n2cnc3c(NC(=O)c4ccccc4)ncnc32)OC2CO[Si](C(C)C)(C(C)C)O[Si](C(C)C)(C(C)C)O[C@H]21. The van der Waals surface area contributed by atoms with Crippen LogP contribution in [-0.2, 0) is 22.4 Å². The number of imidazole rings is 1. The van der Waals surface area contributed by atoms with Crippen LogP contribution in [0.5, 0.6) is 0 Å². The molecule has 1 aromatic carbocycles. The molecule has 11 nitrogen and oxygen atoms in total. The normalized spacial score (nSPS) is 24.7. The van der Waals surface area contributed by atoms with Crippen molar-refractivity contribution in [1.82, 2.24) is 19.5 Å². The van der Waals surface area contributed by atoms with Gasteiger partial charge < -0.3 is 27.8 Å². The predicted octanol–water partition coefficient (Wildman–Crippen LogP) is 6.64. The molecule has 4 atom stereocenters. The Bertz CT molecular complexity index is 1440. The number of hydrogen-bond acceptors (Lipinski definition) is 10. The van der Waals surface area contributed by atoms with Gasteiger partial charge in [0.25, 0.3) is 5.91 Å². The first-order chi connectivity index (χ1) is 21.4. The van der Waals surface area contributed by atoms with Crippen LogP contribution in [0.25, 0.3) is 11.2 Å². The third-order valence-electron chi connectivity index (χ3n) is 8.90. The molecule has 14 heteroatoms. The first kappa shape index (κ1) is 34.2. The molecule has 2 unspecified atom stereocenters. The van der Waals surface area contributed by atoms with Crippen LogP contribution in [0.2, 0.25) is 22.2 Å².